The van der Waals surface area contributed by atoms with Gasteiger partial charge >= 0.3 is 0 Å². The van der Waals surface area contributed by atoms with Crippen LogP contribution in [0.2, 0.25) is 0 Å². The number of rotatable bonds is 3. The molecule has 1 aliphatic heterocycles. The Morgan fingerprint density at radius 3 is 2.50 bits per heavy atom. The van der Waals surface area contributed by atoms with Crippen molar-refractivity contribution < 1.29 is 19.5 Å². The van der Waals surface area contributed by atoms with Crippen LogP contribution < -0.4 is 5.32 Å². The number of aliphatic hydroxyl groups excluding tert-OH is 1. The smallest absolute Gasteiger partial charge is 0.226 e. The van der Waals surface area contributed by atoms with Gasteiger partial charge in [0.05, 0.1) is 6.10 Å². The molecule has 0 bridgehead atoms. The number of ketones is 1. The Morgan fingerprint density at radius 1 is 1.30 bits per heavy atom. The molecular weight excluding hydrogens is 258 g/mol. The van der Waals surface area contributed by atoms with E-state index < -0.39 is 12.0 Å². The molecule has 5 heteroatoms. The van der Waals surface area contributed by atoms with Gasteiger partial charge in [-0.1, -0.05) is 13.0 Å². The molecule has 0 saturated carbocycles. The standard InChI is InChI=1S/C15H21NO4/c1-8-3-9(2)15(20)11(4-8)12(17)5-10-6-13(18)16-14(19)7-10/h3,8,10-12,17H,4-7H2,1-2H3,(H,16,18,19). The molecule has 110 valence electrons. The van der Waals surface area contributed by atoms with E-state index in [1.165, 1.54) is 0 Å². The van der Waals surface area contributed by atoms with Crippen molar-refractivity contribution in [3.63, 3.8) is 0 Å². The molecule has 20 heavy (non-hydrogen) atoms. The highest BCUT2D eigenvalue weighted by Crippen LogP contribution is 2.31. The van der Waals surface area contributed by atoms with Gasteiger partial charge < -0.3 is 5.11 Å². The SMILES string of the molecule is CC1=CC(C)CC(C(O)CC2CC(=O)NC(=O)C2)C1=O. The molecular formula is C15H21NO4. The van der Waals surface area contributed by atoms with Crippen molar-refractivity contribution in [1.82, 2.24) is 5.32 Å². The predicted molar refractivity (Wildman–Crippen MR) is 72.5 cm³/mol. The molecule has 0 aromatic carbocycles. The Labute approximate surface area is 118 Å². The summed E-state index contributed by atoms with van der Waals surface area (Å²) in [5.74, 6) is -0.905. The first-order chi connectivity index (χ1) is 9.36. The van der Waals surface area contributed by atoms with Crippen molar-refractivity contribution in [2.24, 2.45) is 17.8 Å². The molecule has 3 unspecified atom stereocenters. The van der Waals surface area contributed by atoms with Gasteiger partial charge in [0.2, 0.25) is 11.8 Å². The number of allylic oxidation sites excluding steroid dienone is 2. The average Bonchev–Trinajstić information content (AvgIpc) is 2.32. The summed E-state index contributed by atoms with van der Waals surface area (Å²) in [6.45, 7) is 3.79. The second-order valence-electron chi connectivity index (χ2n) is 6.08. The van der Waals surface area contributed by atoms with Crippen LogP contribution in [0.25, 0.3) is 0 Å². The molecule has 1 heterocycles. The molecule has 0 aromatic heterocycles. The van der Waals surface area contributed by atoms with E-state index in [0.29, 0.717) is 18.4 Å². The Bertz CT molecular complexity index is 452. The summed E-state index contributed by atoms with van der Waals surface area (Å²) in [4.78, 5) is 34.7. The van der Waals surface area contributed by atoms with Crippen LogP contribution in [0, 0.1) is 17.8 Å². The van der Waals surface area contributed by atoms with Crippen molar-refractivity contribution in [2.45, 2.75) is 45.6 Å². The fourth-order valence-electron chi connectivity index (χ4n) is 3.24. The van der Waals surface area contributed by atoms with Gasteiger partial charge in [0.25, 0.3) is 0 Å². The van der Waals surface area contributed by atoms with Crippen molar-refractivity contribution >= 4 is 17.6 Å². The zero-order valence-corrected chi connectivity index (χ0v) is 11.9. The van der Waals surface area contributed by atoms with Gasteiger partial charge in [-0.3, -0.25) is 19.7 Å². The maximum absolute atomic E-state index is 12.1. The van der Waals surface area contributed by atoms with E-state index in [-0.39, 0.29) is 42.3 Å². The lowest BCUT2D eigenvalue weighted by atomic mass is 9.76. The van der Waals surface area contributed by atoms with Gasteiger partial charge in [0.15, 0.2) is 5.78 Å². The van der Waals surface area contributed by atoms with Gasteiger partial charge in [-0.2, -0.15) is 0 Å². The lowest BCUT2D eigenvalue weighted by Gasteiger charge is -2.31. The Balaban J connectivity index is 1.99. The molecule has 1 fully saturated rings. The number of hydrogen-bond donors (Lipinski definition) is 2. The van der Waals surface area contributed by atoms with E-state index in [4.69, 9.17) is 0 Å². The third kappa shape index (κ3) is 3.33. The van der Waals surface area contributed by atoms with Gasteiger partial charge in [-0.25, -0.2) is 0 Å². The van der Waals surface area contributed by atoms with Gasteiger partial charge in [0.1, 0.15) is 0 Å². The summed E-state index contributed by atoms with van der Waals surface area (Å²) < 4.78 is 0. The van der Waals surface area contributed by atoms with E-state index >= 15 is 0 Å². The van der Waals surface area contributed by atoms with Crippen LogP contribution >= 0.6 is 0 Å². The monoisotopic (exact) mass is 279 g/mol. The summed E-state index contributed by atoms with van der Waals surface area (Å²) in [5.41, 5.74) is 0.699. The van der Waals surface area contributed by atoms with Crippen LogP contribution in [0.15, 0.2) is 11.6 Å². The molecule has 3 atom stereocenters. The van der Waals surface area contributed by atoms with Crippen molar-refractivity contribution in [3.05, 3.63) is 11.6 Å². The van der Waals surface area contributed by atoms with Crippen LogP contribution in [-0.2, 0) is 14.4 Å². The molecule has 2 aliphatic rings. The summed E-state index contributed by atoms with van der Waals surface area (Å²) in [6, 6.07) is 0. The van der Waals surface area contributed by atoms with Crippen molar-refractivity contribution in [1.29, 1.82) is 0 Å². The predicted octanol–water partition coefficient (Wildman–Crippen LogP) is 0.962. The van der Waals surface area contributed by atoms with Gasteiger partial charge in [0, 0.05) is 18.8 Å². The number of carbonyl (C=O) groups excluding carboxylic acids is 3. The summed E-state index contributed by atoms with van der Waals surface area (Å²) in [7, 11) is 0. The fourth-order valence-corrected chi connectivity index (χ4v) is 3.24. The zero-order valence-electron chi connectivity index (χ0n) is 11.9. The number of piperidine rings is 1. The Kier molecular flexibility index (Phi) is 4.38. The van der Waals surface area contributed by atoms with Gasteiger partial charge in [-0.15, -0.1) is 0 Å². The quantitative estimate of drug-likeness (QED) is 0.754. The first-order valence-corrected chi connectivity index (χ1v) is 7.10. The average molecular weight is 279 g/mol. The van der Waals surface area contributed by atoms with Crippen LogP contribution in [0.3, 0.4) is 0 Å². The zero-order chi connectivity index (χ0) is 14.9. The Morgan fingerprint density at radius 2 is 1.90 bits per heavy atom. The minimum atomic E-state index is -0.780. The molecule has 1 saturated heterocycles. The van der Waals surface area contributed by atoms with Crippen LogP contribution in [-0.4, -0.2) is 28.8 Å². The minimum absolute atomic E-state index is 0.0119. The first kappa shape index (κ1) is 14.9. The number of imide groups is 1. The molecule has 2 N–H and O–H groups in total. The molecule has 0 spiro atoms. The number of aliphatic hydroxyl groups is 1. The topological polar surface area (TPSA) is 83.5 Å². The largest absolute Gasteiger partial charge is 0.392 e. The molecule has 2 amide bonds. The van der Waals surface area contributed by atoms with E-state index in [1.54, 1.807) is 6.92 Å². The normalized spacial score (nSPS) is 29.9. The van der Waals surface area contributed by atoms with Crippen LogP contribution in [0.1, 0.15) is 39.5 Å². The highest BCUT2D eigenvalue weighted by Gasteiger charge is 2.35. The third-order valence-corrected chi connectivity index (χ3v) is 4.15. The molecule has 0 radical (unpaired) electrons. The number of carbonyl (C=O) groups is 3. The molecule has 2 rings (SSSR count). The van der Waals surface area contributed by atoms with Gasteiger partial charge in [-0.05, 0) is 37.2 Å². The first-order valence-electron chi connectivity index (χ1n) is 7.10. The number of nitrogens with one attached hydrogen (secondary N) is 1. The highest BCUT2D eigenvalue weighted by molar-refractivity contribution is 5.98. The summed E-state index contributed by atoms with van der Waals surface area (Å²) in [5, 5.41) is 12.6. The van der Waals surface area contributed by atoms with Crippen molar-refractivity contribution in [2.75, 3.05) is 0 Å². The number of hydrogen-bond acceptors (Lipinski definition) is 4. The fraction of sp³-hybridized carbons (Fsp3) is 0.667. The number of Topliss-reactive ketones (excluding diaryl/α,β-unsaturated/α-hetero) is 1. The van der Waals surface area contributed by atoms with E-state index in [2.05, 4.69) is 5.32 Å². The maximum Gasteiger partial charge on any atom is 0.226 e. The lowest BCUT2D eigenvalue weighted by molar-refractivity contribution is -0.135. The minimum Gasteiger partial charge on any atom is -0.392 e. The van der Waals surface area contributed by atoms with E-state index in [1.807, 2.05) is 13.0 Å². The summed E-state index contributed by atoms with van der Waals surface area (Å²) in [6.07, 6.45) is 2.60. The van der Waals surface area contributed by atoms with Crippen LogP contribution in [0.5, 0.6) is 0 Å². The molecule has 5 nitrogen and oxygen atoms in total. The second-order valence-corrected chi connectivity index (χ2v) is 6.08. The summed E-state index contributed by atoms with van der Waals surface area (Å²) >= 11 is 0. The van der Waals surface area contributed by atoms with Crippen LogP contribution in [0.4, 0.5) is 0 Å². The maximum atomic E-state index is 12.1. The molecule has 1 aliphatic carbocycles. The Hall–Kier alpha value is -1.49. The van der Waals surface area contributed by atoms with E-state index in [9.17, 15) is 19.5 Å². The van der Waals surface area contributed by atoms with E-state index in [0.717, 1.165) is 0 Å². The highest BCUT2D eigenvalue weighted by atomic mass is 16.3. The second kappa shape index (κ2) is 5.87. The lowest BCUT2D eigenvalue weighted by Crippen LogP contribution is -2.41. The third-order valence-electron chi connectivity index (χ3n) is 4.15. The number of amides is 2. The molecule has 0 aromatic rings. The van der Waals surface area contributed by atoms with Crippen molar-refractivity contribution in [3.8, 4) is 0 Å².